The Morgan fingerprint density at radius 1 is 1.05 bits per heavy atom. The summed E-state index contributed by atoms with van der Waals surface area (Å²) in [5.41, 5.74) is -2.07. The lowest BCUT2D eigenvalue weighted by molar-refractivity contribution is -0.137. The molecule has 1 spiro atoms. The molecule has 41 heavy (non-hydrogen) atoms. The molecule has 0 saturated carbocycles. The van der Waals surface area contributed by atoms with E-state index in [-0.39, 0.29) is 30.5 Å². The van der Waals surface area contributed by atoms with E-state index >= 15 is 0 Å². The van der Waals surface area contributed by atoms with Gasteiger partial charge in [0.15, 0.2) is 0 Å². The molecule has 222 valence electrons. The van der Waals surface area contributed by atoms with Crippen LogP contribution in [-0.4, -0.2) is 82.4 Å². The summed E-state index contributed by atoms with van der Waals surface area (Å²) in [6.45, 7) is 4.21. The number of anilines is 1. The zero-order valence-corrected chi connectivity index (χ0v) is 22.8. The van der Waals surface area contributed by atoms with Gasteiger partial charge in [0.1, 0.15) is 17.6 Å². The quantitative estimate of drug-likeness (QED) is 0.431. The number of hydrogen-bond donors (Lipinski definition) is 3. The standard InChI is InChI=1S/C28H32F4N4O5/c1-16(2)22(33-23(37)20-14-18(28(30,31)32)6-9-21(20)29)24(38)35-12-10-27(11-13-35)26(41)34(3)15-36(27)19-7-4-17(5-8-19)25(39)40/h4-9,14,16,22,24,38H,10-13,15H2,1-3H3,(H,33,37)(H,39,40)/t22-,24?/m1/s1. The number of benzene rings is 2. The molecule has 2 saturated heterocycles. The predicted molar refractivity (Wildman–Crippen MR) is 141 cm³/mol. The molecule has 0 aliphatic carbocycles. The van der Waals surface area contributed by atoms with E-state index in [0.29, 0.717) is 43.4 Å². The van der Waals surface area contributed by atoms with Crippen LogP contribution >= 0.6 is 0 Å². The van der Waals surface area contributed by atoms with E-state index in [1.165, 1.54) is 12.1 Å². The van der Waals surface area contributed by atoms with Gasteiger partial charge in [0.05, 0.1) is 29.4 Å². The van der Waals surface area contributed by atoms with Crippen LogP contribution in [0.3, 0.4) is 0 Å². The molecule has 4 rings (SSSR count). The van der Waals surface area contributed by atoms with Crippen molar-refractivity contribution in [2.24, 2.45) is 5.92 Å². The highest BCUT2D eigenvalue weighted by Gasteiger charge is 2.53. The smallest absolute Gasteiger partial charge is 0.416 e. The summed E-state index contributed by atoms with van der Waals surface area (Å²) in [6.07, 6.45) is -5.40. The van der Waals surface area contributed by atoms with Gasteiger partial charge in [-0.25, -0.2) is 9.18 Å². The molecule has 0 radical (unpaired) electrons. The summed E-state index contributed by atoms with van der Waals surface area (Å²) in [5.74, 6) is -3.74. The van der Waals surface area contributed by atoms with E-state index in [0.717, 1.165) is 0 Å². The highest BCUT2D eigenvalue weighted by molar-refractivity contribution is 5.95. The average molecular weight is 581 g/mol. The number of hydrogen-bond acceptors (Lipinski definition) is 6. The number of nitrogens with one attached hydrogen (secondary N) is 1. The Bertz CT molecular complexity index is 1310. The van der Waals surface area contributed by atoms with Gasteiger partial charge in [-0.2, -0.15) is 13.2 Å². The molecule has 2 atom stereocenters. The molecule has 3 N–H and O–H groups in total. The SMILES string of the molecule is CC(C)[C@@H](NC(=O)c1cc(C(F)(F)F)ccc1F)C(O)N1CCC2(CC1)C(=O)N(C)CN2c1ccc(C(=O)O)cc1. The second-order valence-corrected chi connectivity index (χ2v) is 10.8. The van der Waals surface area contributed by atoms with Gasteiger partial charge in [-0.05, 0) is 61.2 Å². The summed E-state index contributed by atoms with van der Waals surface area (Å²) < 4.78 is 53.7. The van der Waals surface area contributed by atoms with Gasteiger partial charge in [0, 0.05) is 25.8 Å². The first-order chi connectivity index (χ1) is 19.2. The summed E-state index contributed by atoms with van der Waals surface area (Å²) >= 11 is 0. The number of rotatable bonds is 7. The number of carboxylic acid groups (broad SMARTS) is 1. The minimum absolute atomic E-state index is 0.109. The summed E-state index contributed by atoms with van der Waals surface area (Å²) in [4.78, 5) is 42.6. The van der Waals surface area contributed by atoms with Crippen molar-refractivity contribution in [2.45, 2.75) is 50.7 Å². The molecule has 2 aliphatic rings. The van der Waals surface area contributed by atoms with Gasteiger partial charge in [-0.15, -0.1) is 0 Å². The Kier molecular flexibility index (Phi) is 8.33. The van der Waals surface area contributed by atoms with E-state index in [1.54, 1.807) is 42.8 Å². The van der Waals surface area contributed by atoms with Crippen molar-refractivity contribution in [1.29, 1.82) is 0 Å². The van der Waals surface area contributed by atoms with Gasteiger partial charge in [-0.3, -0.25) is 14.5 Å². The summed E-state index contributed by atoms with van der Waals surface area (Å²) in [5, 5.41) is 23.0. The second-order valence-electron chi connectivity index (χ2n) is 10.8. The number of likely N-dealkylation sites (tertiary alicyclic amines) is 1. The molecule has 13 heteroatoms. The van der Waals surface area contributed by atoms with Gasteiger partial charge < -0.3 is 25.3 Å². The molecular formula is C28H32F4N4O5. The van der Waals surface area contributed by atoms with Crippen LogP contribution in [0.15, 0.2) is 42.5 Å². The number of carbonyl (C=O) groups excluding carboxylic acids is 2. The Morgan fingerprint density at radius 2 is 1.66 bits per heavy atom. The lowest BCUT2D eigenvalue weighted by atomic mass is 9.84. The largest absolute Gasteiger partial charge is 0.478 e. The summed E-state index contributed by atoms with van der Waals surface area (Å²) in [7, 11) is 1.67. The minimum atomic E-state index is -4.76. The molecule has 0 bridgehead atoms. The Hall–Kier alpha value is -3.71. The van der Waals surface area contributed by atoms with Gasteiger partial charge >= 0.3 is 12.1 Å². The van der Waals surface area contributed by atoms with Crippen LogP contribution < -0.4 is 10.2 Å². The number of likely N-dealkylation sites (N-methyl/N-ethyl adjacent to an activating group) is 1. The number of alkyl halides is 3. The van der Waals surface area contributed by atoms with Crippen LogP contribution in [0.4, 0.5) is 23.2 Å². The molecule has 2 amide bonds. The fourth-order valence-corrected chi connectivity index (χ4v) is 5.55. The third kappa shape index (κ3) is 5.87. The van der Waals surface area contributed by atoms with Crippen molar-refractivity contribution in [1.82, 2.24) is 15.1 Å². The normalized spacial score (nSPS) is 19.1. The first-order valence-electron chi connectivity index (χ1n) is 13.1. The lowest BCUT2D eigenvalue weighted by Crippen LogP contribution is -2.61. The zero-order valence-electron chi connectivity index (χ0n) is 22.8. The fourth-order valence-electron chi connectivity index (χ4n) is 5.55. The highest BCUT2D eigenvalue weighted by Crippen LogP contribution is 2.39. The number of aromatic carboxylic acids is 1. The van der Waals surface area contributed by atoms with Crippen molar-refractivity contribution in [3.05, 3.63) is 65.0 Å². The molecular weight excluding hydrogens is 548 g/mol. The maximum absolute atomic E-state index is 14.3. The number of carbonyl (C=O) groups is 3. The van der Waals surface area contributed by atoms with E-state index in [1.807, 2.05) is 4.90 Å². The number of piperidine rings is 1. The first kappa shape index (κ1) is 30.3. The van der Waals surface area contributed by atoms with Crippen molar-refractivity contribution < 1.29 is 42.2 Å². The third-order valence-corrected chi connectivity index (χ3v) is 7.92. The van der Waals surface area contributed by atoms with Crippen LogP contribution in [-0.2, 0) is 11.0 Å². The van der Waals surface area contributed by atoms with E-state index in [4.69, 9.17) is 0 Å². The Morgan fingerprint density at radius 3 is 2.20 bits per heavy atom. The van der Waals surface area contributed by atoms with Crippen LogP contribution in [0.25, 0.3) is 0 Å². The van der Waals surface area contributed by atoms with Crippen molar-refractivity contribution in [3.8, 4) is 0 Å². The van der Waals surface area contributed by atoms with Gasteiger partial charge in [0.2, 0.25) is 5.91 Å². The zero-order chi connectivity index (χ0) is 30.3. The Balaban J connectivity index is 1.50. The molecule has 2 aromatic rings. The van der Waals surface area contributed by atoms with Crippen molar-refractivity contribution >= 4 is 23.5 Å². The highest BCUT2D eigenvalue weighted by atomic mass is 19.4. The number of amides is 2. The first-order valence-corrected chi connectivity index (χ1v) is 13.1. The number of halogens is 4. The number of carboxylic acids is 1. The molecule has 1 unspecified atom stereocenters. The Labute approximate surface area is 234 Å². The van der Waals surface area contributed by atoms with Crippen molar-refractivity contribution in [3.63, 3.8) is 0 Å². The van der Waals surface area contributed by atoms with Gasteiger partial charge in [0.25, 0.3) is 5.91 Å². The van der Waals surface area contributed by atoms with Crippen LogP contribution in [0.1, 0.15) is 53.0 Å². The number of aliphatic hydroxyl groups is 1. The fraction of sp³-hybridized carbons (Fsp3) is 0.464. The maximum Gasteiger partial charge on any atom is 0.416 e. The molecule has 2 fully saturated rings. The van der Waals surface area contributed by atoms with Crippen LogP contribution in [0.5, 0.6) is 0 Å². The van der Waals surface area contributed by atoms with Crippen LogP contribution in [0.2, 0.25) is 0 Å². The van der Waals surface area contributed by atoms with Crippen LogP contribution in [0, 0.1) is 11.7 Å². The summed E-state index contributed by atoms with van der Waals surface area (Å²) in [6, 6.07) is 6.86. The molecule has 0 aromatic heterocycles. The predicted octanol–water partition coefficient (Wildman–Crippen LogP) is 3.39. The van der Waals surface area contributed by atoms with Gasteiger partial charge in [-0.1, -0.05) is 13.8 Å². The number of aliphatic hydroxyl groups excluding tert-OH is 1. The monoisotopic (exact) mass is 580 g/mol. The number of nitrogens with zero attached hydrogens (tertiary/aromatic N) is 3. The lowest BCUT2D eigenvalue weighted by Gasteiger charge is -2.46. The van der Waals surface area contributed by atoms with Crippen molar-refractivity contribution in [2.75, 3.05) is 31.7 Å². The van der Waals surface area contributed by atoms with E-state index in [9.17, 15) is 42.2 Å². The topological polar surface area (TPSA) is 113 Å². The molecule has 2 heterocycles. The molecule has 9 nitrogen and oxygen atoms in total. The second kappa shape index (κ2) is 11.3. The molecule has 2 aliphatic heterocycles. The third-order valence-electron chi connectivity index (χ3n) is 7.92. The minimum Gasteiger partial charge on any atom is -0.478 e. The van der Waals surface area contributed by atoms with E-state index in [2.05, 4.69) is 5.32 Å². The average Bonchev–Trinajstić information content (AvgIpc) is 3.16. The van der Waals surface area contributed by atoms with E-state index < -0.39 is 52.8 Å². The molecule has 2 aromatic carbocycles. The maximum atomic E-state index is 14.3.